The van der Waals surface area contributed by atoms with Gasteiger partial charge in [-0.3, -0.25) is 9.69 Å². The summed E-state index contributed by atoms with van der Waals surface area (Å²) >= 11 is 0. The molecule has 3 N–H and O–H groups in total. The highest BCUT2D eigenvalue weighted by molar-refractivity contribution is 5.94. The van der Waals surface area contributed by atoms with Gasteiger partial charge in [-0.25, -0.2) is 4.99 Å². The molecule has 1 aliphatic heterocycles. The van der Waals surface area contributed by atoms with E-state index in [0.717, 1.165) is 63.9 Å². The van der Waals surface area contributed by atoms with Crippen LogP contribution >= 0.6 is 0 Å². The second kappa shape index (κ2) is 12.3. The van der Waals surface area contributed by atoms with Crippen molar-refractivity contribution in [3.05, 3.63) is 35.4 Å². The first-order valence-corrected chi connectivity index (χ1v) is 9.92. The van der Waals surface area contributed by atoms with Gasteiger partial charge in [0.1, 0.15) is 0 Å². The quantitative estimate of drug-likeness (QED) is 0.344. The lowest BCUT2D eigenvalue weighted by Gasteiger charge is -2.26. The van der Waals surface area contributed by atoms with Gasteiger partial charge in [-0.15, -0.1) is 0 Å². The van der Waals surface area contributed by atoms with Crippen molar-refractivity contribution in [3.63, 3.8) is 0 Å². The third kappa shape index (κ3) is 7.97. The van der Waals surface area contributed by atoms with Crippen molar-refractivity contribution in [2.24, 2.45) is 4.99 Å². The van der Waals surface area contributed by atoms with E-state index in [2.05, 4.69) is 32.8 Å². The van der Waals surface area contributed by atoms with Gasteiger partial charge in [-0.05, 0) is 44.5 Å². The van der Waals surface area contributed by atoms with Crippen LogP contribution < -0.4 is 16.0 Å². The molecule has 1 aromatic carbocycles. The Morgan fingerprint density at radius 2 is 1.78 bits per heavy atom. The number of carbonyl (C=O) groups excluding carboxylic acids is 1. The first-order chi connectivity index (χ1) is 13.2. The first-order valence-electron chi connectivity index (χ1n) is 9.92. The van der Waals surface area contributed by atoms with E-state index in [9.17, 15) is 4.79 Å². The average molecular weight is 376 g/mol. The minimum atomic E-state index is -0.0391. The smallest absolute Gasteiger partial charge is 0.251 e. The highest BCUT2D eigenvalue weighted by Crippen LogP contribution is 2.06. The molecule has 0 spiro atoms. The summed E-state index contributed by atoms with van der Waals surface area (Å²) in [4.78, 5) is 18.9. The molecule has 1 aromatic rings. The summed E-state index contributed by atoms with van der Waals surface area (Å²) in [6.07, 6.45) is 1.08. The van der Waals surface area contributed by atoms with Crippen molar-refractivity contribution in [3.8, 4) is 0 Å². The summed E-state index contributed by atoms with van der Waals surface area (Å²) in [6, 6.07) is 7.60. The number of carbonyl (C=O) groups is 1. The molecule has 7 nitrogen and oxygen atoms in total. The third-order valence-corrected chi connectivity index (χ3v) is 4.36. The summed E-state index contributed by atoms with van der Waals surface area (Å²) in [7, 11) is 0. The average Bonchev–Trinajstić information content (AvgIpc) is 2.70. The lowest BCUT2D eigenvalue weighted by atomic mass is 10.1. The molecule has 1 amide bonds. The molecule has 0 aromatic heterocycles. The molecule has 1 fully saturated rings. The summed E-state index contributed by atoms with van der Waals surface area (Å²) < 4.78 is 5.37. The number of benzene rings is 1. The maximum atomic E-state index is 11.8. The van der Waals surface area contributed by atoms with Crippen LogP contribution in [0.5, 0.6) is 0 Å². The second-order valence-corrected chi connectivity index (χ2v) is 6.49. The normalized spacial score (nSPS) is 15.4. The minimum Gasteiger partial charge on any atom is -0.379 e. The molecule has 0 aliphatic carbocycles. The SMILES string of the molecule is CCNC(=O)c1ccc(CN=C(NCC)NCCCN2CCOCC2)cc1. The summed E-state index contributed by atoms with van der Waals surface area (Å²) in [6.45, 7) is 11.7. The second-order valence-electron chi connectivity index (χ2n) is 6.49. The maximum absolute atomic E-state index is 11.8. The largest absolute Gasteiger partial charge is 0.379 e. The Kier molecular flexibility index (Phi) is 9.65. The van der Waals surface area contributed by atoms with Crippen LogP contribution in [0.1, 0.15) is 36.2 Å². The Morgan fingerprint density at radius 3 is 2.44 bits per heavy atom. The van der Waals surface area contributed by atoms with Crippen LogP contribution in [-0.2, 0) is 11.3 Å². The molecule has 7 heteroatoms. The molecule has 0 bridgehead atoms. The molecule has 2 rings (SSSR count). The van der Waals surface area contributed by atoms with Gasteiger partial charge in [0, 0.05) is 38.3 Å². The number of nitrogens with zero attached hydrogens (tertiary/aromatic N) is 2. The van der Waals surface area contributed by atoms with Crippen LogP contribution in [0.4, 0.5) is 0 Å². The highest BCUT2D eigenvalue weighted by Gasteiger charge is 2.09. The van der Waals surface area contributed by atoms with Crippen LogP contribution in [0, 0.1) is 0 Å². The number of ether oxygens (including phenoxy) is 1. The molecule has 0 saturated carbocycles. The Labute approximate surface area is 162 Å². The van der Waals surface area contributed by atoms with Crippen LogP contribution in [-0.4, -0.2) is 69.2 Å². The van der Waals surface area contributed by atoms with E-state index in [1.165, 1.54) is 0 Å². The van der Waals surface area contributed by atoms with E-state index in [1.807, 2.05) is 31.2 Å². The van der Waals surface area contributed by atoms with Gasteiger partial charge in [0.25, 0.3) is 5.91 Å². The van der Waals surface area contributed by atoms with E-state index < -0.39 is 0 Å². The van der Waals surface area contributed by atoms with Crippen molar-refractivity contribution in [1.29, 1.82) is 0 Å². The highest BCUT2D eigenvalue weighted by atomic mass is 16.5. The molecule has 150 valence electrons. The third-order valence-electron chi connectivity index (χ3n) is 4.36. The van der Waals surface area contributed by atoms with Crippen LogP contribution in [0.3, 0.4) is 0 Å². The van der Waals surface area contributed by atoms with Gasteiger partial charge in [0.15, 0.2) is 5.96 Å². The number of amides is 1. The van der Waals surface area contributed by atoms with Gasteiger partial charge in [-0.2, -0.15) is 0 Å². The van der Waals surface area contributed by atoms with Crippen molar-refractivity contribution < 1.29 is 9.53 Å². The molecular weight excluding hydrogens is 342 g/mol. The lowest BCUT2D eigenvalue weighted by molar-refractivity contribution is 0.0376. The number of nitrogens with one attached hydrogen (secondary N) is 3. The zero-order chi connectivity index (χ0) is 19.3. The van der Waals surface area contributed by atoms with E-state index in [0.29, 0.717) is 18.7 Å². The van der Waals surface area contributed by atoms with Gasteiger partial charge in [0.2, 0.25) is 0 Å². The molecule has 0 unspecified atom stereocenters. The Balaban J connectivity index is 1.77. The predicted octanol–water partition coefficient (Wildman–Crippen LogP) is 1.21. The summed E-state index contributed by atoms with van der Waals surface area (Å²) in [5.41, 5.74) is 1.76. The molecule has 0 radical (unpaired) electrons. The van der Waals surface area contributed by atoms with Crippen LogP contribution in [0.25, 0.3) is 0 Å². The van der Waals surface area contributed by atoms with Gasteiger partial charge in [0.05, 0.1) is 19.8 Å². The predicted molar refractivity (Wildman–Crippen MR) is 109 cm³/mol. The zero-order valence-corrected chi connectivity index (χ0v) is 16.6. The standard InChI is InChI=1S/C20H33N5O2/c1-3-21-19(26)18-8-6-17(7-9-18)16-24-20(22-4-2)23-10-5-11-25-12-14-27-15-13-25/h6-9H,3-5,10-16H2,1-2H3,(H,21,26)(H2,22,23,24). The summed E-state index contributed by atoms with van der Waals surface area (Å²) in [5.74, 6) is 0.787. The van der Waals surface area contributed by atoms with E-state index in [4.69, 9.17) is 4.74 Å². The lowest BCUT2D eigenvalue weighted by Crippen LogP contribution is -2.40. The van der Waals surface area contributed by atoms with Crippen LogP contribution in [0.2, 0.25) is 0 Å². The number of aliphatic imine (C=N–C) groups is 1. The van der Waals surface area contributed by atoms with Gasteiger partial charge < -0.3 is 20.7 Å². The van der Waals surface area contributed by atoms with Gasteiger partial charge >= 0.3 is 0 Å². The fraction of sp³-hybridized carbons (Fsp3) is 0.600. The fourth-order valence-electron chi connectivity index (χ4n) is 2.87. The number of hydrogen-bond acceptors (Lipinski definition) is 4. The molecule has 1 heterocycles. The number of guanidine groups is 1. The molecular formula is C20H33N5O2. The molecule has 27 heavy (non-hydrogen) atoms. The fourth-order valence-corrected chi connectivity index (χ4v) is 2.87. The monoisotopic (exact) mass is 375 g/mol. The Morgan fingerprint density at radius 1 is 1.07 bits per heavy atom. The van der Waals surface area contributed by atoms with E-state index >= 15 is 0 Å². The number of morpholine rings is 1. The van der Waals surface area contributed by atoms with Crippen molar-refractivity contribution in [1.82, 2.24) is 20.9 Å². The molecule has 1 saturated heterocycles. The Hall–Kier alpha value is -2.12. The van der Waals surface area contributed by atoms with E-state index in [-0.39, 0.29) is 5.91 Å². The summed E-state index contributed by atoms with van der Waals surface area (Å²) in [5, 5.41) is 9.48. The molecule has 0 atom stereocenters. The van der Waals surface area contributed by atoms with Crippen molar-refractivity contribution in [2.45, 2.75) is 26.8 Å². The zero-order valence-electron chi connectivity index (χ0n) is 16.6. The molecule has 1 aliphatic rings. The van der Waals surface area contributed by atoms with Gasteiger partial charge in [-0.1, -0.05) is 12.1 Å². The Bertz CT molecular complexity index is 583. The van der Waals surface area contributed by atoms with Crippen molar-refractivity contribution in [2.75, 3.05) is 52.5 Å². The maximum Gasteiger partial charge on any atom is 0.251 e. The topological polar surface area (TPSA) is 78.0 Å². The number of hydrogen-bond donors (Lipinski definition) is 3. The van der Waals surface area contributed by atoms with Crippen molar-refractivity contribution >= 4 is 11.9 Å². The van der Waals surface area contributed by atoms with E-state index in [1.54, 1.807) is 0 Å². The minimum absolute atomic E-state index is 0.0391. The van der Waals surface area contributed by atoms with Crippen LogP contribution in [0.15, 0.2) is 29.3 Å². The first kappa shape index (κ1) is 21.2. The number of rotatable bonds is 9.